The molecule has 0 aliphatic carbocycles. The van der Waals surface area contributed by atoms with Gasteiger partial charge in [0.2, 0.25) is 0 Å². The highest BCUT2D eigenvalue weighted by atomic mass is 16.6. The van der Waals surface area contributed by atoms with Gasteiger partial charge in [-0.3, -0.25) is 0 Å². The Balaban J connectivity index is 3.76. The van der Waals surface area contributed by atoms with E-state index in [4.69, 9.17) is 4.74 Å². The lowest BCUT2D eigenvalue weighted by Crippen LogP contribution is -2.40. The lowest BCUT2D eigenvalue weighted by molar-refractivity contribution is 0.0524. The number of nitrogens with one attached hydrogen (secondary N) is 2. The van der Waals surface area contributed by atoms with Crippen LogP contribution >= 0.6 is 0 Å². The standard InChI is InChI=1S/C11H22N2O2/c1-8(2)13-9(3)7-12-10(14)15-11(4,5)6/h9,13H,1,7H2,2-6H3,(H,12,14). The molecule has 0 aromatic carbocycles. The minimum Gasteiger partial charge on any atom is -0.444 e. The van der Waals surface area contributed by atoms with Gasteiger partial charge in [0.1, 0.15) is 5.60 Å². The third kappa shape index (κ3) is 9.12. The van der Waals surface area contributed by atoms with Crippen molar-refractivity contribution in [2.75, 3.05) is 6.54 Å². The molecule has 0 aromatic rings. The second-order valence-corrected chi connectivity index (χ2v) is 4.71. The molecule has 1 amide bonds. The predicted molar refractivity (Wildman–Crippen MR) is 61.6 cm³/mol. The Morgan fingerprint density at radius 1 is 1.47 bits per heavy atom. The van der Waals surface area contributed by atoms with Crippen molar-refractivity contribution in [1.29, 1.82) is 0 Å². The maximum absolute atomic E-state index is 11.3. The first-order chi connectivity index (χ1) is 6.70. The van der Waals surface area contributed by atoms with Crippen LogP contribution in [0.1, 0.15) is 34.6 Å². The van der Waals surface area contributed by atoms with Crippen LogP contribution in [0.5, 0.6) is 0 Å². The second kappa shape index (κ2) is 5.63. The lowest BCUT2D eigenvalue weighted by atomic mass is 10.2. The monoisotopic (exact) mass is 214 g/mol. The summed E-state index contributed by atoms with van der Waals surface area (Å²) in [6, 6.07) is 0.148. The van der Waals surface area contributed by atoms with Crippen LogP contribution in [0.15, 0.2) is 12.3 Å². The van der Waals surface area contributed by atoms with Crippen molar-refractivity contribution in [3.8, 4) is 0 Å². The van der Waals surface area contributed by atoms with Crippen molar-refractivity contribution in [2.24, 2.45) is 0 Å². The van der Waals surface area contributed by atoms with E-state index < -0.39 is 11.7 Å². The molecule has 0 bridgehead atoms. The van der Waals surface area contributed by atoms with Gasteiger partial charge in [0, 0.05) is 18.3 Å². The van der Waals surface area contributed by atoms with E-state index in [-0.39, 0.29) is 6.04 Å². The van der Waals surface area contributed by atoms with Crippen LogP contribution < -0.4 is 10.6 Å². The highest BCUT2D eigenvalue weighted by molar-refractivity contribution is 5.67. The van der Waals surface area contributed by atoms with Gasteiger partial charge in [-0.15, -0.1) is 0 Å². The number of ether oxygens (including phenoxy) is 1. The Bertz CT molecular complexity index is 231. The molecule has 2 N–H and O–H groups in total. The minimum absolute atomic E-state index is 0.148. The van der Waals surface area contributed by atoms with Crippen molar-refractivity contribution in [1.82, 2.24) is 10.6 Å². The molecular formula is C11H22N2O2. The van der Waals surface area contributed by atoms with E-state index >= 15 is 0 Å². The summed E-state index contributed by atoms with van der Waals surface area (Å²) in [5, 5.41) is 5.78. The molecule has 0 heterocycles. The van der Waals surface area contributed by atoms with Gasteiger partial charge in [0.25, 0.3) is 0 Å². The smallest absolute Gasteiger partial charge is 0.407 e. The number of allylic oxidation sites excluding steroid dienone is 1. The molecule has 15 heavy (non-hydrogen) atoms. The van der Waals surface area contributed by atoms with Gasteiger partial charge in [-0.25, -0.2) is 4.79 Å². The number of hydrogen-bond acceptors (Lipinski definition) is 3. The van der Waals surface area contributed by atoms with Crippen molar-refractivity contribution < 1.29 is 9.53 Å². The van der Waals surface area contributed by atoms with Crippen molar-refractivity contribution in [2.45, 2.75) is 46.3 Å². The zero-order valence-electron chi connectivity index (χ0n) is 10.3. The third-order valence-corrected chi connectivity index (χ3v) is 1.44. The van der Waals surface area contributed by atoms with E-state index in [0.717, 1.165) is 5.70 Å². The quantitative estimate of drug-likeness (QED) is 0.752. The van der Waals surface area contributed by atoms with Gasteiger partial charge < -0.3 is 15.4 Å². The van der Waals surface area contributed by atoms with Crippen molar-refractivity contribution >= 4 is 6.09 Å². The Labute approximate surface area is 92.1 Å². The van der Waals surface area contributed by atoms with E-state index in [9.17, 15) is 4.79 Å². The number of hydrogen-bond donors (Lipinski definition) is 2. The van der Waals surface area contributed by atoms with Gasteiger partial charge in [-0.05, 0) is 34.6 Å². The Hall–Kier alpha value is -1.19. The topological polar surface area (TPSA) is 50.4 Å². The molecule has 0 aliphatic rings. The van der Waals surface area contributed by atoms with E-state index in [0.29, 0.717) is 6.54 Å². The van der Waals surface area contributed by atoms with Crippen LogP contribution in [0.25, 0.3) is 0 Å². The average molecular weight is 214 g/mol. The zero-order chi connectivity index (χ0) is 12.1. The number of rotatable bonds is 4. The van der Waals surface area contributed by atoms with Gasteiger partial charge in [0.15, 0.2) is 0 Å². The first-order valence-corrected chi connectivity index (χ1v) is 5.09. The molecule has 4 heteroatoms. The fourth-order valence-electron chi connectivity index (χ4n) is 1.02. The Morgan fingerprint density at radius 3 is 2.40 bits per heavy atom. The summed E-state index contributed by atoms with van der Waals surface area (Å²) in [5.74, 6) is 0. The Morgan fingerprint density at radius 2 is 2.00 bits per heavy atom. The van der Waals surface area contributed by atoms with Crippen LogP contribution in [0.2, 0.25) is 0 Å². The molecule has 0 aliphatic heterocycles. The molecular weight excluding hydrogens is 192 g/mol. The highest BCUT2D eigenvalue weighted by Gasteiger charge is 2.16. The van der Waals surface area contributed by atoms with Crippen LogP contribution in [-0.4, -0.2) is 24.3 Å². The molecule has 88 valence electrons. The maximum atomic E-state index is 11.3. The molecule has 0 saturated carbocycles. The largest absolute Gasteiger partial charge is 0.444 e. The Kier molecular flexibility index (Phi) is 5.19. The van der Waals surface area contributed by atoms with Gasteiger partial charge in [-0.2, -0.15) is 0 Å². The summed E-state index contributed by atoms with van der Waals surface area (Å²) in [6.07, 6.45) is -0.391. The molecule has 0 fully saturated rings. The summed E-state index contributed by atoms with van der Waals surface area (Å²) < 4.78 is 5.09. The number of carbonyl (C=O) groups is 1. The molecule has 0 saturated heterocycles. The van der Waals surface area contributed by atoms with Crippen LogP contribution in [-0.2, 0) is 4.74 Å². The molecule has 1 unspecified atom stereocenters. The van der Waals surface area contributed by atoms with E-state index in [2.05, 4.69) is 17.2 Å². The molecule has 0 radical (unpaired) electrons. The third-order valence-electron chi connectivity index (χ3n) is 1.44. The van der Waals surface area contributed by atoms with Crippen LogP contribution in [0, 0.1) is 0 Å². The fraction of sp³-hybridized carbons (Fsp3) is 0.727. The maximum Gasteiger partial charge on any atom is 0.407 e. The van der Waals surface area contributed by atoms with Crippen LogP contribution in [0.3, 0.4) is 0 Å². The van der Waals surface area contributed by atoms with Crippen molar-refractivity contribution in [3.05, 3.63) is 12.3 Å². The van der Waals surface area contributed by atoms with Gasteiger partial charge >= 0.3 is 6.09 Å². The molecule has 0 aromatic heterocycles. The first kappa shape index (κ1) is 13.8. The number of carbonyl (C=O) groups excluding carboxylic acids is 1. The van der Waals surface area contributed by atoms with Crippen LogP contribution in [0.4, 0.5) is 4.79 Å². The van der Waals surface area contributed by atoms with E-state index in [1.807, 2.05) is 34.6 Å². The minimum atomic E-state index is -0.449. The highest BCUT2D eigenvalue weighted by Crippen LogP contribution is 2.06. The van der Waals surface area contributed by atoms with Gasteiger partial charge in [0.05, 0.1) is 0 Å². The molecule has 0 rings (SSSR count). The van der Waals surface area contributed by atoms with Crippen molar-refractivity contribution in [3.63, 3.8) is 0 Å². The normalized spacial score (nSPS) is 12.9. The fourth-order valence-corrected chi connectivity index (χ4v) is 1.02. The summed E-state index contributed by atoms with van der Waals surface area (Å²) in [7, 11) is 0. The zero-order valence-corrected chi connectivity index (χ0v) is 10.3. The summed E-state index contributed by atoms with van der Waals surface area (Å²) in [4.78, 5) is 11.3. The average Bonchev–Trinajstić information content (AvgIpc) is 1.96. The van der Waals surface area contributed by atoms with E-state index in [1.165, 1.54) is 0 Å². The SMILES string of the molecule is C=C(C)NC(C)CNC(=O)OC(C)(C)C. The molecule has 1 atom stereocenters. The van der Waals surface area contributed by atoms with Gasteiger partial charge in [-0.1, -0.05) is 6.58 Å². The second-order valence-electron chi connectivity index (χ2n) is 4.71. The first-order valence-electron chi connectivity index (χ1n) is 5.09. The summed E-state index contributed by atoms with van der Waals surface area (Å²) >= 11 is 0. The number of amides is 1. The summed E-state index contributed by atoms with van der Waals surface area (Å²) in [6.45, 7) is 13.6. The predicted octanol–water partition coefficient (Wildman–Crippen LogP) is 2.02. The van der Waals surface area contributed by atoms with E-state index in [1.54, 1.807) is 0 Å². The summed E-state index contributed by atoms with van der Waals surface area (Å²) in [5.41, 5.74) is 0.434. The lowest BCUT2D eigenvalue weighted by Gasteiger charge is -2.21. The molecule has 0 spiro atoms. The number of alkyl carbamates (subject to hydrolysis) is 1. The molecule has 4 nitrogen and oxygen atoms in total.